The lowest BCUT2D eigenvalue weighted by molar-refractivity contribution is -0.148. The fourth-order valence-corrected chi connectivity index (χ4v) is 2.19. The summed E-state index contributed by atoms with van der Waals surface area (Å²) < 4.78 is 4.79. The molecule has 4 nitrogen and oxygen atoms in total. The van der Waals surface area contributed by atoms with Crippen LogP contribution in [0.4, 0.5) is 0 Å². The predicted molar refractivity (Wildman–Crippen MR) is 66.6 cm³/mol. The molecule has 1 N–H and O–H groups in total. The van der Waals surface area contributed by atoms with Crippen LogP contribution < -0.4 is 0 Å². The summed E-state index contributed by atoms with van der Waals surface area (Å²) >= 11 is 0. The van der Waals surface area contributed by atoms with Crippen LogP contribution >= 0.6 is 0 Å². The van der Waals surface area contributed by atoms with Crippen molar-refractivity contribution >= 4 is 5.97 Å². The van der Waals surface area contributed by atoms with Crippen LogP contribution in [0.1, 0.15) is 33.6 Å². The Balaban J connectivity index is 2.53. The molecule has 0 aromatic carbocycles. The van der Waals surface area contributed by atoms with Gasteiger partial charge in [-0.15, -0.1) is 0 Å². The van der Waals surface area contributed by atoms with E-state index < -0.39 is 5.60 Å². The molecule has 1 rings (SSSR count). The third-order valence-corrected chi connectivity index (χ3v) is 3.83. The molecule has 0 saturated carbocycles. The summed E-state index contributed by atoms with van der Waals surface area (Å²) in [5.74, 6) is 0.0524. The number of likely N-dealkylation sites (tertiary alicyclic amines) is 1. The first-order valence-electron chi connectivity index (χ1n) is 6.39. The van der Waals surface area contributed by atoms with Crippen molar-refractivity contribution in [2.24, 2.45) is 11.8 Å². The summed E-state index contributed by atoms with van der Waals surface area (Å²) in [6.45, 7) is 8.17. The SMILES string of the molecule is COC(=O)C1CCCN(CC(C)(O)C(C)C)C1. The lowest BCUT2D eigenvalue weighted by Crippen LogP contribution is -2.49. The second-order valence-corrected chi connectivity index (χ2v) is 5.61. The van der Waals surface area contributed by atoms with Gasteiger partial charge < -0.3 is 9.84 Å². The highest BCUT2D eigenvalue weighted by Gasteiger charge is 2.32. The van der Waals surface area contributed by atoms with Crippen LogP contribution in [0.15, 0.2) is 0 Å². The quantitative estimate of drug-likeness (QED) is 0.756. The highest BCUT2D eigenvalue weighted by Crippen LogP contribution is 2.23. The summed E-state index contributed by atoms with van der Waals surface area (Å²) in [7, 11) is 1.44. The molecular formula is C13H25NO3. The van der Waals surface area contributed by atoms with Crippen molar-refractivity contribution in [1.82, 2.24) is 4.90 Å². The van der Waals surface area contributed by atoms with E-state index in [-0.39, 0.29) is 17.8 Å². The number of ether oxygens (including phenoxy) is 1. The Labute approximate surface area is 104 Å². The predicted octanol–water partition coefficient (Wildman–Crippen LogP) is 1.28. The molecule has 4 heteroatoms. The van der Waals surface area contributed by atoms with Crippen molar-refractivity contribution in [2.75, 3.05) is 26.7 Å². The molecule has 1 saturated heterocycles. The Morgan fingerprint density at radius 2 is 2.24 bits per heavy atom. The maximum Gasteiger partial charge on any atom is 0.309 e. The van der Waals surface area contributed by atoms with Crippen molar-refractivity contribution in [3.63, 3.8) is 0 Å². The largest absolute Gasteiger partial charge is 0.469 e. The molecule has 0 radical (unpaired) electrons. The molecule has 0 bridgehead atoms. The first-order valence-corrected chi connectivity index (χ1v) is 6.39. The van der Waals surface area contributed by atoms with Gasteiger partial charge in [0.2, 0.25) is 0 Å². The van der Waals surface area contributed by atoms with E-state index in [4.69, 9.17) is 4.74 Å². The van der Waals surface area contributed by atoms with E-state index in [0.717, 1.165) is 19.4 Å². The molecule has 1 heterocycles. The minimum Gasteiger partial charge on any atom is -0.469 e. The number of hydrogen-bond donors (Lipinski definition) is 1. The van der Waals surface area contributed by atoms with Crippen LogP contribution in [0.25, 0.3) is 0 Å². The number of nitrogens with zero attached hydrogens (tertiary/aromatic N) is 1. The first kappa shape index (κ1) is 14.5. The molecule has 0 aromatic heterocycles. The molecule has 2 unspecified atom stereocenters. The van der Waals surface area contributed by atoms with Gasteiger partial charge in [0.05, 0.1) is 18.6 Å². The van der Waals surface area contributed by atoms with E-state index in [1.165, 1.54) is 7.11 Å². The smallest absolute Gasteiger partial charge is 0.309 e. The number of rotatable bonds is 4. The minimum absolute atomic E-state index is 0.0308. The van der Waals surface area contributed by atoms with Gasteiger partial charge in [-0.05, 0) is 32.2 Å². The van der Waals surface area contributed by atoms with Gasteiger partial charge >= 0.3 is 5.97 Å². The fraction of sp³-hybridized carbons (Fsp3) is 0.923. The Kier molecular flexibility index (Phi) is 4.95. The molecule has 0 spiro atoms. The second-order valence-electron chi connectivity index (χ2n) is 5.61. The highest BCUT2D eigenvalue weighted by molar-refractivity contribution is 5.72. The Morgan fingerprint density at radius 1 is 1.59 bits per heavy atom. The topological polar surface area (TPSA) is 49.8 Å². The lowest BCUT2D eigenvalue weighted by Gasteiger charge is -2.38. The summed E-state index contributed by atoms with van der Waals surface area (Å²) in [6, 6.07) is 0. The maximum atomic E-state index is 11.5. The van der Waals surface area contributed by atoms with Gasteiger partial charge in [-0.25, -0.2) is 0 Å². The van der Waals surface area contributed by atoms with Crippen LogP contribution in [0.2, 0.25) is 0 Å². The molecule has 2 atom stereocenters. The van der Waals surface area contributed by atoms with Gasteiger partial charge in [-0.1, -0.05) is 13.8 Å². The van der Waals surface area contributed by atoms with Crippen LogP contribution in [0.3, 0.4) is 0 Å². The van der Waals surface area contributed by atoms with Crippen molar-refractivity contribution in [3.8, 4) is 0 Å². The molecule has 1 aliphatic heterocycles. The summed E-state index contributed by atoms with van der Waals surface area (Å²) in [6.07, 6.45) is 1.89. The number of carbonyl (C=O) groups is 1. The minimum atomic E-state index is -0.696. The molecule has 0 aromatic rings. The molecule has 0 amide bonds. The van der Waals surface area contributed by atoms with E-state index in [1.54, 1.807) is 0 Å². The molecule has 100 valence electrons. The van der Waals surface area contributed by atoms with Gasteiger partial charge in [0.1, 0.15) is 0 Å². The van der Waals surface area contributed by atoms with Gasteiger partial charge in [0.15, 0.2) is 0 Å². The highest BCUT2D eigenvalue weighted by atomic mass is 16.5. The number of hydrogen-bond acceptors (Lipinski definition) is 4. The molecule has 17 heavy (non-hydrogen) atoms. The fourth-order valence-electron chi connectivity index (χ4n) is 2.19. The number of aliphatic hydroxyl groups is 1. The number of piperidine rings is 1. The van der Waals surface area contributed by atoms with Crippen LogP contribution in [0.5, 0.6) is 0 Å². The zero-order chi connectivity index (χ0) is 13.1. The third kappa shape index (κ3) is 3.96. The van der Waals surface area contributed by atoms with Gasteiger partial charge in [-0.2, -0.15) is 0 Å². The average molecular weight is 243 g/mol. The molecule has 1 aliphatic rings. The summed E-state index contributed by atoms with van der Waals surface area (Å²) in [5, 5.41) is 10.3. The maximum absolute atomic E-state index is 11.5. The number of methoxy groups -OCH3 is 1. The van der Waals surface area contributed by atoms with E-state index in [1.807, 2.05) is 20.8 Å². The Morgan fingerprint density at radius 3 is 2.76 bits per heavy atom. The monoisotopic (exact) mass is 243 g/mol. The van der Waals surface area contributed by atoms with Gasteiger partial charge in [0, 0.05) is 13.1 Å². The van der Waals surface area contributed by atoms with Gasteiger partial charge in [-0.3, -0.25) is 9.69 Å². The normalized spacial score (nSPS) is 25.6. The lowest BCUT2D eigenvalue weighted by atomic mass is 9.90. The van der Waals surface area contributed by atoms with Crippen molar-refractivity contribution < 1.29 is 14.6 Å². The zero-order valence-electron chi connectivity index (χ0n) is 11.4. The first-order chi connectivity index (χ1) is 7.86. The standard InChI is InChI=1S/C13H25NO3/c1-10(2)13(3,16)9-14-7-5-6-11(8-14)12(15)17-4/h10-11,16H,5-9H2,1-4H3. The number of β-amino-alcohol motifs (C(OH)–C–C–N with tert-alkyl or cyclic N) is 1. The Bertz CT molecular complexity index is 263. The number of esters is 1. The van der Waals surface area contributed by atoms with Crippen molar-refractivity contribution in [2.45, 2.75) is 39.2 Å². The van der Waals surface area contributed by atoms with Crippen LogP contribution in [0, 0.1) is 11.8 Å². The molecule has 1 fully saturated rings. The zero-order valence-corrected chi connectivity index (χ0v) is 11.4. The van der Waals surface area contributed by atoms with Crippen LogP contribution in [-0.2, 0) is 9.53 Å². The number of carbonyl (C=O) groups excluding carboxylic acids is 1. The van der Waals surface area contributed by atoms with Gasteiger partial charge in [0.25, 0.3) is 0 Å². The van der Waals surface area contributed by atoms with E-state index in [2.05, 4.69) is 4.90 Å². The van der Waals surface area contributed by atoms with Crippen LogP contribution in [-0.4, -0.2) is 48.3 Å². The Hall–Kier alpha value is -0.610. The van der Waals surface area contributed by atoms with E-state index >= 15 is 0 Å². The summed E-state index contributed by atoms with van der Waals surface area (Å²) in [4.78, 5) is 13.7. The molecule has 0 aliphatic carbocycles. The van der Waals surface area contributed by atoms with E-state index in [9.17, 15) is 9.90 Å². The average Bonchev–Trinajstić information content (AvgIpc) is 2.27. The van der Waals surface area contributed by atoms with E-state index in [0.29, 0.717) is 13.1 Å². The van der Waals surface area contributed by atoms with Crippen molar-refractivity contribution in [3.05, 3.63) is 0 Å². The third-order valence-electron chi connectivity index (χ3n) is 3.83. The van der Waals surface area contributed by atoms with Crippen molar-refractivity contribution in [1.29, 1.82) is 0 Å². The second kappa shape index (κ2) is 5.83. The molecular weight excluding hydrogens is 218 g/mol. The summed E-state index contributed by atoms with van der Waals surface area (Å²) in [5.41, 5.74) is -0.696.